The molecule has 2 saturated carbocycles. The van der Waals surface area contributed by atoms with Gasteiger partial charge < -0.3 is 0 Å². The topological polar surface area (TPSA) is 47.8 Å². The van der Waals surface area contributed by atoms with Gasteiger partial charge in [0, 0.05) is 42.7 Å². The molecular formula is C30H29F2N3O. The first-order valence-corrected chi connectivity index (χ1v) is 12.7. The third-order valence-corrected chi connectivity index (χ3v) is 8.44. The van der Waals surface area contributed by atoms with Crippen LogP contribution in [0.5, 0.6) is 0 Å². The normalized spacial score (nSPS) is 23.6. The van der Waals surface area contributed by atoms with Crippen LogP contribution in [0.1, 0.15) is 55.6 Å². The number of nitrogens with zero attached hydrogens (tertiary/aromatic N) is 3. The number of aromatic nitrogens is 3. The minimum Gasteiger partial charge on any atom is -0.299 e. The third kappa shape index (κ3) is 4.23. The first kappa shape index (κ1) is 23.0. The molecule has 0 atom stereocenters. The molecule has 0 saturated heterocycles. The first-order chi connectivity index (χ1) is 17.4. The molecule has 36 heavy (non-hydrogen) atoms. The van der Waals surface area contributed by atoms with E-state index in [9.17, 15) is 13.6 Å². The van der Waals surface area contributed by atoms with Gasteiger partial charge in [0.25, 0.3) is 0 Å². The molecule has 6 rings (SSSR count). The molecule has 0 aliphatic heterocycles. The first-order valence-electron chi connectivity index (χ1n) is 12.7. The maximum Gasteiger partial charge on any atom is 0.140 e. The number of hydrogen-bond donors (Lipinski definition) is 0. The van der Waals surface area contributed by atoms with Crippen LogP contribution >= 0.6 is 0 Å². The Kier molecular flexibility index (Phi) is 5.70. The van der Waals surface area contributed by atoms with Gasteiger partial charge in [0.2, 0.25) is 0 Å². The van der Waals surface area contributed by atoms with Crippen molar-refractivity contribution in [1.29, 1.82) is 0 Å². The summed E-state index contributed by atoms with van der Waals surface area (Å²) in [6.45, 7) is 0. The van der Waals surface area contributed by atoms with E-state index in [0.717, 1.165) is 55.0 Å². The number of aryl methyl sites for hydroxylation is 1. The smallest absolute Gasteiger partial charge is 0.140 e. The Hall–Kier alpha value is -3.41. The second-order valence-electron chi connectivity index (χ2n) is 10.8. The summed E-state index contributed by atoms with van der Waals surface area (Å²) >= 11 is 0. The van der Waals surface area contributed by atoms with E-state index >= 15 is 0 Å². The molecule has 0 bridgehead atoms. The number of halogens is 2. The van der Waals surface area contributed by atoms with Gasteiger partial charge in [-0.05, 0) is 103 Å². The Morgan fingerprint density at radius 2 is 1.86 bits per heavy atom. The van der Waals surface area contributed by atoms with Crippen molar-refractivity contribution < 1.29 is 13.6 Å². The summed E-state index contributed by atoms with van der Waals surface area (Å²) in [6, 6.07) is 13.7. The molecule has 2 fully saturated rings. The molecule has 2 aromatic carbocycles. The monoisotopic (exact) mass is 485 g/mol. The van der Waals surface area contributed by atoms with Gasteiger partial charge in [-0.25, -0.2) is 8.78 Å². The molecule has 2 aromatic heterocycles. The highest BCUT2D eigenvalue weighted by Crippen LogP contribution is 2.57. The molecule has 6 heteroatoms. The van der Waals surface area contributed by atoms with E-state index in [1.165, 1.54) is 17.7 Å². The zero-order chi connectivity index (χ0) is 24.9. The number of ketones is 1. The fraction of sp³-hybridized carbons (Fsp3) is 0.367. The van der Waals surface area contributed by atoms with Crippen molar-refractivity contribution in [3.05, 3.63) is 83.7 Å². The lowest BCUT2D eigenvalue weighted by atomic mass is 9.53. The largest absolute Gasteiger partial charge is 0.299 e. The molecule has 0 radical (unpaired) electrons. The summed E-state index contributed by atoms with van der Waals surface area (Å²) < 4.78 is 30.2. The van der Waals surface area contributed by atoms with Gasteiger partial charge in [0.15, 0.2) is 0 Å². The van der Waals surface area contributed by atoms with Crippen LogP contribution in [0.25, 0.3) is 22.2 Å². The minimum absolute atomic E-state index is 0.0657. The predicted octanol–water partition coefficient (Wildman–Crippen LogP) is 6.78. The lowest BCUT2D eigenvalue weighted by Crippen LogP contribution is -2.43. The molecule has 0 amide bonds. The highest BCUT2D eigenvalue weighted by Gasteiger charge is 2.48. The van der Waals surface area contributed by atoms with Gasteiger partial charge in [0.1, 0.15) is 17.4 Å². The van der Waals surface area contributed by atoms with Crippen LogP contribution in [-0.4, -0.2) is 20.5 Å². The van der Waals surface area contributed by atoms with Crippen molar-refractivity contribution in [3.8, 4) is 11.3 Å². The van der Waals surface area contributed by atoms with Gasteiger partial charge in [-0.15, -0.1) is 0 Å². The average molecular weight is 486 g/mol. The molecule has 0 unspecified atom stereocenters. The van der Waals surface area contributed by atoms with Gasteiger partial charge in [-0.3, -0.25) is 14.5 Å². The SMILES string of the molecule is Cn1ccc(-c2ccc(CC(=O)C3CC4(CCC(c5ccnc6ccc(F)cc56)CC4)C3)cc2F)n1. The van der Waals surface area contributed by atoms with Gasteiger partial charge in [-0.2, -0.15) is 5.10 Å². The summed E-state index contributed by atoms with van der Waals surface area (Å²) in [6.07, 6.45) is 10.0. The fourth-order valence-corrected chi connectivity index (χ4v) is 6.44. The highest BCUT2D eigenvalue weighted by atomic mass is 19.1. The summed E-state index contributed by atoms with van der Waals surface area (Å²) in [7, 11) is 1.80. The van der Waals surface area contributed by atoms with Crippen molar-refractivity contribution in [2.24, 2.45) is 18.4 Å². The second-order valence-corrected chi connectivity index (χ2v) is 10.8. The molecule has 4 aromatic rings. The predicted molar refractivity (Wildman–Crippen MR) is 135 cm³/mol. The Morgan fingerprint density at radius 3 is 2.58 bits per heavy atom. The molecule has 184 valence electrons. The van der Waals surface area contributed by atoms with Gasteiger partial charge >= 0.3 is 0 Å². The van der Waals surface area contributed by atoms with Crippen LogP contribution in [0.4, 0.5) is 8.78 Å². The Bertz CT molecular complexity index is 1440. The highest BCUT2D eigenvalue weighted by molar-refractivity contribution is 5.84. The van der Waals surface area contributed by atoms with Crippen LogP contribution in [0.15, 0.2) is 60.9 Å². The van der Waals surface area contributed by atoms with Crippen molar-refractivity contribution >= 4 is 16.7 Å². The van der Waals surface area contributed by atoms with E-state index in [4.69, 9.17) is 0 Å². The lowest BCUT2D eigenvalue weighted by Gasteiger charge is -2.51. The quantitative estimate of drug-likeness (QED) is 0.313. The number of fused-ring (bicyclic) bond motifs is 1. The minimum atomic E-state index is -0.342. The Balaban J connectivity index is 1.06. The van der Waals surface area contributed by atoms with E-state index in [1.54, 1.807) is 42.2 Å². The standard InChI is InChI=1S/C30H29F2N3O/c1-35-13-9-28(34-35)24-4-2-19(14-26(24)32)15-29(36)21-17-30(18-21)10-6-20(7-11-30)23-8-12-33-27-5-3-22(31)16-25(23)27/h2-5,8-9,12-14,16,20-21H,6-7,10-11,15,17-18H2,1H3. The van der Waals surface area contributed by atoms with E-state index in [2.05, 4.69) is 10.1 Å². The number of Topliss-reactive ketones (excluding diaryl/α,β-unsaturated/α-hetero) is 1. The number of benzene rings is 2. The summed E-state index contributed by atoms with van der Waals surface area (Å²) in [5, 5.41) is 5.18. The Labute approximate surface area is 209 Å². The van der Waals surface area contributed by atoms with Crippen molar-refractivity contribution in [2.75, 3.05) is 0 Å². The van der Waals surface area contributed by atoms with Crippen LogP contribution < -0.4 is 0 Å². The van der Waals surface area contributed by atoms with Crippen molar-refractivity contribution in [3.63, 3.8) is 0 Å². The van der Waals surface area contributed by atoms with Crippen molar-refractivity contribution in [2.45, 2.75) is 50.9 Å². The van der Waals surface area contributed by atoms with Gasteiger partial charge in [-0.1, -0.05) is 6.07 Å². The van der Waals surface area contributed by atoms with Crippen LogP contribution in [0.3, 0.4) is 0 Å². The molecular weight excluding hydrogens is 456 g/mol. The zero-order valence-corrected chi connectivity index (χ0v) is 20.4. The maximum atomic E-state index is 14.7. The summed E-state index contributed by atoms with van der Waals surface area (Å²) in [4.78, 5) is 17.4. The van der Waals surface area contributed by atoms with E-state index in [1.807, 2.05) is 18.3 Å². The van der Waals surface area contributed by atoms with Gasteiger partial charge in [0.05, 0.1) is 11.2 Å². The van der Waals surface area contributed by atoms with E-state index in [0.29, 0.717) is 17.2 Å². The fourth-order valence-electron chi connectivity index (χ4n) is 6.44. The lowest BCUT2D eigenvalue weighted by molar-refractivity contribution is -0.131. The third-order valence-electron chi connectivity index (χ3n) is 8.44. The molecule has 2 heterocycles. The van der Waals surface area contributed by atoms with Crippen LogP contribution in [0.2, 0.25) is 0 Å². The van der Waals surface area contributed by atoms with Crippen molar-refractivity contribution in [1.82, 2.24) is 14.8 Å². The van der Waals surface area contributed by atoms with E-state index < -0.39 is 0 Å². The van der Waals surface area contributed by atoms with E-state index in [-0.39, 0.29) is 35.2 Å². The second kappa shape index (κ2) is 8.91. The molecule has 2 aliphatic carbocycles. The van der Waals surface area contributed by atoms with Crippen LogP contribution in [0, 0.1) is 23.0 Å². The summed E-state index contributed by atoms with van der Waals surface area (Å²) in [5.41, 5.74) is 4.05. The molecule has 4 nitrogen and oxygen atoms in total. The zero-order valence-electron chi connectivity index (χ0n) is 20.4. The number of hydrogen-bond acceptors (Lipinski definition) is 3. The number of pyridine rings is 1. The molecule has 1 spiro atoms. The number of carbonyl (C=O) groups excluding carboxylic acids is 1. The van der Waals surface area contributed by atoms with Crippen LogP contribution in [-0.2, 0) is 18.3 Å². The Morgan fingerprint density at radius 1 is 1.06 bits per heavy atom. The molecule has 0 N–H and O–H groups in total. The molecule has 2 aliphatic rings. The maximum absolute atomic E-state index is 14.7. The summed E-state index contributed by atoms with van der Waals surface area (Å²) in [5.74, 6) is 0.110. The number of carbonyl (C=O) groups is 1. The average Bonchev–Trinajstić information content (AvgIpc) is 3.28. The number of rotatable bonds is 5.